The summed E-state index contributed by atoms with van der Waals surface area (Å²) < 4.78 is 0. The van der Waals surface area contributed by atoms with Gasteiger partial charge in [-0.05, 0) is 30.9 Å². The monoisotopic (exact) mass is 393 g/mol. The van der Waals surface area contributed by atoms with Crippen LogP contribution in [-0.2, 0) is 4.79 Å². The lowest BCUT2D eigenvalue weighted by atomic mass is 9.87. The van der Waals surface area contributed by atoms with Gasteiger partial charge in [0.05, 0.1) is 12.2 Å². The lowest BCUT2D eigenvalue weighted by molar-refractivity contribution is -0.136. The number of carbonyl (C=O) groups excluding carboxylic acids is 2. The Morgan fingerprint density at radius 1 is 1.10 bits per heavy atom. The van der Waals surface area contributed by atoms with Crippen LogP contribution >= 0.6 is 0 Å². The van der Waals surface area contributed by atoms with E-state index in [2.05, 4.69) is 45.4 Å². The summed E-state index contributed by atoms with van der Waals surface area (Å²) in [5.41, 5.74) is 2.79. The average molecular weight is 393 g/mol. The molecule has 2 amide bonds. The highest BCUT2D eigenvalue weighted by Crippen LogP contribution is 2.47. The minimum Gasteiger partial charge on any atom is -0.336 e. The molecule has 3 atom stereocenters. The molecular weight excluding hydrogens is 366 g/mol. The number of aromatic amines is 1. The fourth-order valence-corrected chi connectivity index (χ4v) is 5.63. The Balaban J connectivity index is 1.44. The Labute approximate surface area is 170 Å². The average Bonchev–Trinajstić information content (AvgIpc) is 3.52. The predicted octanol–water partition coefficient (Wildman–Crippen LogP) is 2.58. The van der Waals surface area contributed by atoms with Gasteiger partial charge in [0.2, 0.25) is 5.91 Å². The number of fused-ring (bicyclic) bond motifs is 1. The lowest BCUT2D eigenvalue weighted by Gasteiger charge is -2.32. The Kier molecular flexibility index (Phi) is 4.60. The van der Waals surface area contributed by atoms with Crippen LogP contribution in [0.15, 0.2) is 30.5 Å². The summed E-state index contributed by atoms with van der Waals surface area (Å²) in [6.45, 7) is 4.19. The maximum absolute atomic E-state index is 13.4. The molecule has 0 spiro atoms. The number of amides is 2. The van der Waals surface area contributed by atoms with Crippen LogP contribution in [0.3, 0.4) is 0 Å². The zero-order valence-corrected chi connectivity index (χ0v) is 16.8. The molecule has 7 heteroatoms. The molecular formula is C22H27N5O2. The zero-order chi connectivity index (χ0) is 20.0. The highest BCUT2D eigenvalue weighted by Gasteiger charge is 2.51. The SMILES string of the molecule is Cc1ccccc1[C@@H]1[C@H]2CN(C(=O)c3cn[nH]n3)C[C@H]2CN1C(=O)C1CCCC1. The number of benzene rings is 1. The fraction of sp³-hybridized carbons (Fsp3) is 0.545. The molecule has 1 saturated carbocycles. The molecule has 3 aliphatic rings. The van der Waals surface area contributed by atoms with Crippen molar-refractivity contribution in [1.29, 1.82) is 0 Å². The second-order valence-corrected chi connectivity index (χ2v) is 8.76. The quantitative estimate of drug-likeness (QED) is 0.869. The first-order valence-electron chi connectivity index (χ1n) is 10.6. The van der Waals surface area contributed by atoms with Gasteiger partial charge in [0.25, 0.3) is 5.91 Å². The summed E-state index contributed by atoms with van der Waals surface area (Å²) in [5.74, 6) is 0.983. The molecule has 3 fully saturated rings. The molecule has 1 aliphatic carbocycles. The molecule has 29 heavy (non-hydrogen) atoms. The summed E-state index contributed by atoms with van der Waals surface area (Å²) in [6.07, 6.45) is 5.83. The number of likely N-dealkylation sites (tertiary alicyclic amines) is 2. The van der Waals surface area contributed by atoms with Crippen LogP contribution in [-0.4, -0.2) is 56.7 Å². The van der Waals surface area contributed by atoms with Crippen molar-refractivity contribution in [2.24, 2.45) is 17.8 Å². The molecule has 1 aromatic heterocycles. The van der Waals surface area contributed by atoms with Crippen molar-refractivity contribution >= 4 is 11.8 Å². The van der Waals surface area contributed by atoms with Crippen LogP contribution in [0.25, 0.3) is 0 Å². The van der Waals surface area contributed by atoms with Crippen molar-refractivity contribution in [2.75, 3.05) is 19.6 Å². The number of aromatic nitrogens is 3. The summed E-state index contributed by atoms with van der Waals surface area (Å²) >= 11 is 0. The fourth-order valence-electron chi connectivity index (χ4n) is 5.63. The van der Waals surface area contributed by atoms with E-state index < -0.39 is 0 Å². The van der Waals surface area contributed by atoms with Gasteiger partial charge < -0.3 is 9.80 Å². The van der Waals surface area contributed by atoms with E-state index in [1.807, 2.05) is 11.0 Å². The van der Waals surface area contributed by atoms with E-state index in [-0.39, 0.29) is 23.8 Å². The molecule has 7 nitrogen and oxygen atoms in total. The number of aryl methyl sites for hydroxylation is 1. The minimum absolute atomic E-state index is 0.0457. The predicted molar refractivity (Wildman–Crippen MR) is 107 cm³/mol. The first-order chi connectivity index (χ1) is 14.1. The van der Waals surface area contributed by atoms with Crippen molar-refractivity contribution in [3.05, 3.63) is 47.3 Å². The third kappa shape index (κ3) is 3.12. The van der Waals surface area contributed by atoms with Gasteiger partial charge >= 0.3 is 0 Å². The highest BCUT2D eigenvalue weighted by atomic mass is 16.2. The van der Waals surface area contributed by atoms with Crippen molar-refractivity contribution in [3.8, 4) is 0 Å². The molecule has 152 valence electrons. The normalized spacial score (nSPS) is 26.9. The van der Waals surface area contributed by atoms with Crippen LogP contribution in [0.5, 0.6) is 0 Å². The molecule has 0 bridgehead atoms. The van der Waals surface area contributed by atoms with Gasteiger partial charge in [-0.25, -0.2) is 0 Å². The van der Waals surface area contributed by atoms with Gasteiger partial charge in [-0.3, -0.25) is 9.59 Å². The molecule has 5 rings (SSSR count). The molecule has 2 saturated heterocycles. The van der Waals surface area contributed by atoms with E-state index in [0.29, 0.717) is 30.6 Å². The Morgan fingerprint density at radius 3 is 2.62 bits per heavy atom. The molecule has 0 unspecified atom stereocenters. The summed E-state index contributed by atoms with van der Waals surface area (Å²) in [6, 6.07) is 8.42. The van der Waals surface area contributed by atoms with Gasteiger partial charge in [0.1, 0.15) is 0 Å². The van der Waals surface area contributed by atoms with Gasteiger partial charge in [0, 0.05) is 37.4 Å². The lowest BCUT2D eigenvalue weighted by Crippen LogP contribution is -2.40. The maximum Gasteiger partial charge on any atom is 0.276 e. The van der Waals surface area contributed by atoms with Crippen molar-refractivity contribution in [3.63, 3.8) is 0 Å². The Bertz CT molecular complexity index is 906. The van der Waals surface area contributed by atoms with Gasteiger partial charge in [-0.15, -0.1) is 0 Å². The van der Waals surface area contributed by atoms with Crippen LogP contribution in [0.1, 0.15) is 53.3 Å². The topological polar surface area (TPSA) is 82.2 Å². The second kappa shape index (κ2) is 7.28. The second-order valence-electron chi connectivity index (χ2n) is 8.76. The standard InChI is InChI=1S/C22H27N5O2/c1-14-6-2-5-9-17(14)20-18-13-26(22(29)19-10-23-25-24-19)11-16(18)12-27(20)21(28)15-7-3-4-8-15/h2,5-6,9-10,15-16,18,20H,3-4,7-8,11-13H2,1H3,(H,23,24,25)/t16-,18-,20+/m0/s1. The summed E-state index contributed by atoms with van der Waals surface area (Å²) in [4.78, 5) is 30.2. The van der Waals surface area contributed by atoms with E-state index >= 15 is 0 Å². The van der Waals surface area contributed by atoms with E-state index in [1.165, 1.54) is 17.3 Å². The summed E-state index contributed by atoms with van der Waals surface area (Å²) in [7, 11) is 0. The van der Waals surface area contributed by atoms with E-state index in [1.54, 1.807) is 0 Å². The minimum atomic E-state index is -0.0784. The van der Waals surface area contributed by atoms with Crippen LogP contribution in [0.4, 0.5) is 0 Å². The van der Waals surface area contributed by atoms with E-state index in [4.69, 9.17) is 0 Å². The molecule has 0 radical (unpaired) electrons. The first-order valence-corrected chi connectivity index (χ1v) is 10.6. The number of hydrogen-bond donors (Lipinski definition) is 1. The van der Waals surface area contributed by atoms with Crippen molar-refractivity contribution in [1.82, 2.24) is 25.2 Å². The van der Waals surface area contributed by atoms with Crippen LogP contribution in [0, 0.1) is 24.7 Å². The number of carbonyl (C=O) groups is 2. The molecule has 3 heterocycles. The maximum atomic E-state index is 13.4. The number of H-pyrrole nitrogens is 1. The van der Waals surface area contributed by atoms with Gasteiger partial charge in [-0.1, -0.05) is 37.1 Å². The van der Waals surface area contributed by atoms with Gasteiger partial charge in [0.15, 0.2) is 5.69 Å². The third-order valence-electron chi connectivity index (χ3n) is 7.08. The van der Waals surface area contributed by atoms with E-state index in [0.717, 1.165) is 32.2 Å². The first kappa shape index (κ1) is 18.3. The molecule has 1 aromatic carbocycles. The Hall–Kier alpha value is -2.70. The smallest absolute Gasteiger partial charge is 0.276 e. The van der Waals surface area contributed by atoms with Gasteiger partial charge in [-0.2, -0.15) is 15.4 Å². The van der Waals surface area contributed by atoms with Crippen molar-refractivity contribution < 1.29 is 9.59 Å². The number of hydrogen-bond acceptors (Lipinski definition) is 4. The summed E-state index contributed by atoms with van der Waals surface area (Å²) in [5, 5.41) is 10.2. The van der Waals surface area contributed by atoms with E-state index in [9.17, 15) is 9.59 Å². The molecule has 1 N–H and O–H groups in total. The highest BCUT2D eigenvalue weighted by molar-refractivity contribution is 5.92. The molecule has 2 aromatic rings. The zero-order valence-electron chi connectivity index (χ0n) is 16.8. The third-order valence-corrected chi connectivity index (χ3v) is 7.08. The number of nitrogens with zero attached hydrogens (tertiary/aromatic N) is 4. The van der Waals surface area contributed by atoms with Crippen molar-refractivity contribution in [2.45, 2.75) is 38.6 Å². The Morgan fingerprint density at radius 2 is 1.90 bits per heavy atom. The largest absolute Gasteiger partial charge is 0.336 e. The van der Waals surface area contributed by atoms with Crippen LogP contribution < -0.4 is 0 Å². The number of rotatable bonds is 3. The number of nitrogens with one attached hydrogen (secondary N) is 1. The van der Waals surface area contributed by atoms with Crippen LogP contribution in [0.2, 0.25) is 0 Å². The molecule has 2 aliphatic heterocycles.